The van der Waals surface area contributed by atoms with Crippen molar-refractivity contribution in [2.45, 2.75) is 20.3 Å². The van der Waals surface area contributed by atoms with Gasteiger partial charge in [-0.25, -0.2) is 14.4 Å². The minimum atomic E-state index is -0.166. The molecule has 0 amide bonds. The van der Waals surface area contributed by atoms with Gasteiger partial charge in [-0.3, -0.25) is 0 Å². The molecule has 0 spiro atoms. The molecule has 1 aromatic carbocycles. The molecule has 0 aliphatic heterocycles. The molecule has 18 heavy (non-hydrogen) atoms. The largest absolute Gasteiger partial charge is 0.354 e. The highest BCUT2D eigenvalue weighted by Gasteiger charge is 2.02. The van der Waals surface area contributed by atoms with Crippen molar-refractivity contribution < 1.29 is 4.39 Å². The van der Waals surface area contributed by atoms with Gasteiger partial charge in [0.1, 0.15) is 5.82 Å². The van der Waals surface area contributed by atoms with Crippen molar-refractivity contribution >= 4 is 5.95 Å². The molecule has 1 aromatic heterocycles. The highest BCUT2D eigenvalue weighted by atomic mass is 19.1. The summed E-state index contributed by atoms with van der Waals surface area (Å²) in [5, 5.41) is 3.11. The van der Waals surface area contributed by atoms with Gasteiger partial charge in [-0.05, 0) is 38.0 Å². The molecular formula is C14H16FN3. The molecule has 0 unspecified atom stereocenters. The summed E-state index contributed by atoms with van der Waals surface area (Å²) in [4.78, 5) is 8.54. The second-order valence-electron chi connectivity index (χ2n) is 4.24. The number of aromatic nitrogens is 2. The fourth-order valence-corrected chi connectivity index (χ4v) is 1.82. The minimum absolute atomic E-state index is 0.166. The molecule has 0 aliphatic carbocycles. The van der Waals surface area contributed by atoms with E-state index in [-0.39, 0.29) is 5.82 Å². The molecular weight excluding hydrogens is 229 g/mol. The van der Waals surface area contributed by atoms with Gasteiger partial charge in [0.15, 0.2) is 0 Å². The quantitative estimate of drug-likeness (QED) is 0.900. The van der Waals surface area contributed by atoms with Gasteiger partial charge in [0.2, 0.25) is 5.95 Å². The molecule has 0 saturated heterocycles. The Morgan fingerprint density at radius 1 is 1.11 bits per heavy atom. The third-order valence-corrected chi connectivity index (χ3v) is 2.62. The van der Waals surface area contributed by atoms with Gasteiger partial charge in [0, 0.05) is 17.9 Å². The lowest BCUT2D eigenvalue weighted by Gasteiger charge is -2.07. The van der Waals surface area contributed by atoms with Crippen molar-refractivity contribution in [1.29, 1.82) is 0 Å². The topological polar surface area (TPSA) is 37.8 Å². The molecule has 0 aliphatic rings. The molecule has 3 nitrogen and oxygen atoms in total. The SMILES string of the molecule is Cc1cc(C)nc(NCCc2ccccc2F)n1. The predicted molar refractivity (Wildman–Crippen MR) is 70.1 cm³/mol. The average molecular weight is 245 g/mol. The van der Waals surface area contributed by atoms with Crippen LogP contribution in [0.3, 0.4) is 0 Å². The summed E-state index contributed by atoms with van der Waals surface area (Å²) < 4.78 is 13.4. The van der Waals surface area contributed by atoms with Gasteiger partial charge in [0.25, 0.3) is 0 Å². The maximum atomic E-state index is 13.4. The molecule has 1 heterocycles. The number of nitrogens with zero attached hydrogens (tertiary/aromatic N) is 2. The lowest BCUT2D eigenvalue weighted by molar-refractivity contribution is 0.610. The van der Waals surface area contributed by atoms with Crippen LogP contribution < -0.4 is 5.32 Å². The van der Waals surface area contributed by atoms with E-state index in [0.29, 0.717) is 24.5 Å². The monoisotopic (exact) mass is 245 g/mol. The first-order valence-corrected chi connectivity index (χ1v) is 5.95. The van der Waals surface area contributed by atoms with Crippen LogP contribution in [-0.4, -0.2) is 16.5 Å². The van der Waals surface area contributed by atoms with E-state index < -0.39 is 0 Å². The summed E-state index contributed by atoms with van der Waals surface area (Å²) in [5.41, 5.74) is 2.56. The number of hydrogen-bond donors (Lipinski definition) is 1. The van der Waals surface area contributed by atoms with Crippen molar-refractivity contribution in [3.05, 3.63) is 53.1 Å². The van der Waals surface area contributed by atoms with E-state index in [1.807, 2.05) is 26.0 Å². The van der Waals surface area contributed by atoms with Crippen LogP contribution in [0.25, 0.3) is 0 Å². The minimum Gasteiger partial charge on any atom is -0.354 e. The van der Waals surface area contributed by atoms with Crippen LogP contribution in [-0.2, 0) is 6.42 Å². The molecule has 0 atom stereocenters. The smallest absolute Gasteiger partial charge is 0.223 e. The number of aryl methyl sites for hydroxylation is 2. The fraction of sp³-hybridized carbons (Fsp3) is 0.286. The summed E-state index contributed by atoms with van der Waals surface area (Å²) in [6, 6.07) is 8.72. The second kappa shape index (κ2) is 5.58. The summed E-state index contributed by atoms with van der Waals surface area (Å²) in [6.45, 7) is 4.47. The Morgan fingerprint density at radius 3 is 2.44 bits per heavy atom. The van der Waals surface area contributed by atoms with E-state index in [1.165, 1.54) is 6.07 Å². The Morgan fingerprint density at radius 2 is 1.78 bits per heavy atom. The molecule has 0 bridgehead atoms. The Labute approximate surface area is 106 Å². The molecule has 0 radical (unpaired) electrons. The van der Waals surface area contributed by atoms with Crippen molar-refractivity contribution in [2.24, 2.45) is 0 Å². The first kappa shape index (κ1) is 12.5. The van der Waals surface area contributed by atoms with Gasteiger partial charge in [-0.2, -0.15) is 0 Å². The van der Waals surface area contributed by atoms with Crippen molar-refractivity contribution in [3.8, 4) is 0 Å². The van der Waals surface area contributed by atoms with Gasteiger partial charge in [0.05, 0.1) is 0 Å². The Bertz CT molecular complexity index is 520. The summed E-state index contributed by atoms with van der Waals surface area (Å²) in [7, 11) is 0. The zero-order valence-corrected chi connectivity index (χ0v) is 10.6. The zero-order chi connectivity index (χ0) is 13.0. The van der Waals surface area contributed by atoms with Crippen molar-refractivity contribution in [2.75, 3.05) is 11.9 Å². The van der Waals surface area contributed by atoms with Crippen LogP contribution in [0.4, 0.5) is 10.3 Å². The van der Waals surface area contributed by atoms with Crippen LogP contribution in [0, 0.1) is 19.7 Å². The normalized spacial score (nSPS) is 10.4. The molecule has 1 N–H and O–H groups in total. The Balaban J connectivity index is 1.94. The van der Waals surface area contributed by atoms with Crippen LogP contribution in [0.15, 0.2) is 30.3 Å². The Kier molecular flexibility index (Phi) is 3.87. The highest BCUT2D eigenvalue weighted by molar-refractivity contribution is 5.28. The summed E-state index contributed by atoms with van der Waals surface area (Å²) in [6.07, 6.45) is 0.614. The van der Waals surface area contributed by atoms with Gasteiger partial charge < -0.3 is 5.32 Å². The first-order chi connectivity index (χ1) is 8.65. The van der Waals surface area contributed by atoms with E-state index in [1.54, 1.807) is 12.1 Å². The molecule has 0 saturated carbocycles. The molecule has 94 valence electrons. The van der Waals surface area contributed by atoms with E-state index >= 15 is 0 Å². The lowest BCUT2D eigenvalue weighted by Crippen LogP contribution is -2.09. The third kappa shape index (κ3) is 3.26. The van der Waals surface area contributed by atoms with Crippen LogP contribution in [0.1, 0.15) is 17.0 Å². The first-order valence-electron chi connectivity index (χ1n) is 5.95. The van der Waals surface area contributed by atoms with Crippen molar-refractivity contribution in [1.82, 2.24) is 9.97 Å². The molecule has 2 rings (SSSR count). The van der Waals surface area contributed by atoms with Crippen LogP contribution in [0.2, 0.25) is 0 Å². The molecule has 2 aromatic rings. The number of anilines is 1. The van der Waals surface area contributed by atoms with E-state index in [9.17, 15) is 4.39 Å². The Hall–Kier alpha value is -1.97. The van der Waals surface area contributed by atoms with E-state index in [0.717, 1.165) is 11.4 Å². The lowest BCUT2D eigenvalue weighted by atomic mass is 10.1. The number of nitrogens with one attached hydrogen (secondary N) is 1. The van der Waals surface area contributed by atoms with Crippen molar-refractivity contribution in [3.63, 3.8) is 0 Å². The van der Waals surface area contributed by atoms with E-state index in [4.69, 9.17) is 0 Å². The highest BCUT2D eigenvalue weighted by Crippen LogP contribution is 2.08. The maximum Gasteiger partial charge on any atom is 0.223 e. The summed E-state index contributed by atoms with van der Waals surface area (Å²) >= 11 is 0. The second-order valence-corrected chi connectivity index (χ2v) is 4.24. The fourth-order valence-electron chi connectivity index (χ4n) is 1.82. The average Bonchev–Trinajstić information content (AvgIpc) is 2.30. The standard InChI is InChI=1S/C14H16FN3/c1-10-9-11(2)18-14(17-10)16-8-7-12-5-3-4-6-13(12)15/h3-6,9H,7-8H2,1-2H3,(H,16,17,18). The van der Waals surface area contributed by atoms with Gasteiger partial charge >= 0.3 is 0 Å². The number of rotatable bonds is 4. The third-order valence-electron chi connectivity index (χ3n) is 2.62. The van der Waals surface area contributed by atoms with Gasteiger partial charge in [-0.1, -0.05) is 18.2 Å². The maximum absolute atomic E-state index is 13.4. The zero-order valence-electron chi connectivity index (χ0n) is 10.6. The number of benzene rings is 1. The number of halogens is 1. The summed E-state index contributed by atoms with van der Waals surface area (Å²) in [5.74, 6) is 0.435. The van der Waals surface area contributed by atoms with Crippen LogP contribution in [0.5, 0.6) is 0 Å². The predicted octanol–water partition coefficient (Wildman–Crippen LogP) is 2.89. The van der Waals surface area contributed by atoms with E-state index in [2.05, 4.69) is 15.3 Å². The molecule has 4 heteroatoms. The molecule has 0 fully saturated rings. The number of hydrogen-bond acceptors (Lipinski definition) is 3. The van der Waals surface area contributed by atoms with Gasteiger partial charge in [-0.15, -0.1) is 0 Å². The van der Waals surface area contributed by atoms with Crippen LogP contribution >= 0.6 is 0 Å².